The molecule has 4 nitrogen and oxygen atoms in total. The van der Waals surface area contributed by atoms with E-state index >= 15 is 0 Å². The van der Waals surface area contributed by atoms with Crippen molar-refractivity contribution in [2.75, 3.05) is 0 Å². The van der Waals surface area contributed by atoms with Gasteiger partial charge in [0.2, 0.25) is 6.41 Å². The summed E-state index contributed by atoms with van der Waals surface area (Å²) in [5.41, 5.74) is 2.47. The number of hydrogen-bond acceptors (Lipinski definition) is 3. The van der Waals surface area contributed by atoms with Gasteiger partial charge in [-0.2, -0.15) is 0 Å². The Balaban J connectivity index is 2.36. The molecule has 0 radical (unpaired) electrons. The van der Waals surface area contributed by atoms with Gasteiger partial charge in [0.25, 0.3) is 0 Å². The lowest BCUT2D eigenvalue weighted by Gasteiger charge is -2.00. The summed E-state index contributed by atoms with van der Waals surface area (Å²) in [5, 5.41) is 2.55. The van der Waals surface area contributed by atoms with Crippen LogP contribution in [0.1, 0.15) is 5.69 Å². The van der Waals surface area contributed by atoms with Crippen LogP contribution in [0.3, 0.4) is 0 Å². The summed E-state index contributed by atoms with van der Waals surface area (Å²) in [4.78, 5) is 18.6. The van der Waals surface area contributed by atoms with Gasteiger partial charge in [-0.05, 0) is 12.1 Å². The molecule has 0 unspecified atom stereocenters. The van der Waals surface area contributed by atoms with Crippen LogP contribution in [-0.4, -0.2) is 16.4 Å². The highest BCUT2D eigenvalue weighted by atomic mass is 16.1. The number of nitrogens with zero attached hydrogens (tertiary/aromatic N) is 2. The molecule has 70 valence electrons. The van der Waals surface area contributed by atoms with Crippen LogP contribution >= 0.6 is 0 Å². The zero-order valence-electron chi connectivity index (χ0n) is 7.47. The van der Waals surface area contributed by atoms with Crippen LogP contribution in [0.5, 0.6) is 0 Å². The van der Waals surface area contributed by atoms with Crippen LogP contribution < -0.4 is 5.32 Å². The smallest absolute Gasteiger partial charge is 0.207 e. The third-order valence-corrected chi connectivity index (χ3v) is 1.86. The molecule has 0 saturated carbocycles. The van der Waals surface area contributed by atoms with Gasteiger partial charge in [-0.1, -0.05) is 12.1 Å². The fourth-order valence-corrected chi connectivity index (χ4v) is 1.23. The first-order valence-corrected chi connectivity index (χ1v) is 4.28. The van der Waals surface area contributed by atoms with Crippen molar-refractivity contribution < 1.29 is 4.79 Å². The first-order valence-electron chi connectivity index (χ1n) is 4.28. The van der Waals surface area contributed by atoms with E-state index in [1.54, 1.807) is 6.20 Å². The zero-order chi connectivity index (χ0) is 9.80. The molecule has 1 aromatic heterocycles. The number of carbonyl (C=O) groups excluding carboxylic acids is 1. The minimum absolute atomic E-state index is 0.418. The highest BCUT2D eigenvalue weighted by Gasteiger charge is 1.97. The summed E-state index contributed by atoms with van der Waals surface area (Å²) in [5.74, 6) is 0. The van der Waals surface area contributed by atoms with E-state index in [4.69, 9.17) is 0 Å². The van der Waals surface area contributed by atoms with Crippen molar-refractivity contribution in [2.24, 2.45) is 0 Å². The molecule has 1 amide bonds. The average Bonchev–Trinajstić information content (AvgIpc) is 2.26. The predicted octanol–water partition coefficient (Wildman–Crippen LogP) is 0.876. The van der Waals surface area contributed by atoms with E-state index in [1.165, 1.54) is 0 Å². The van der Waals surface area contributed by atoms with Gasteiger partial charge in [-0.25, -0.2) is 4.98 Å². The number of fused-ring (bicyclic) bond motifs is 1. The van der Waals surface area contributed by atoms with Gasteiger partial charge >= 0.3 is 0 Å². The summed E-state index contributed by atoms with van der Waals surface area (Å²) in [6.07, 6.45) is 2.32. The molecule has 0 fully saturated rings. The second-order valence-corrected chi connectivity index (χ2v) is 2.85. The van der Waals surface area contributed by atoms with Crippen molar-refractivity contribution >= 4 is 17.4 Å². The van der Waals surface area contributed by atoms with Crippen LogP contribution in [0, 0.1) is 0 Å². The number of nitrogens with one attached hydrogen (secondary N) is 1. The first-order chi connectivity index (χ1) is 6.90. The molecule has 2 rings (SSSR count). The Morgan fingerprint density at radius 1 is 1.29 bits per heavy atom. The molecule has 0 aliphatic carbocycles. The monoisotopic (exact) mass is 187 g/mol. The van der Waals surface area contributed by atoms with Gasteiger partial charge < -0.3 is 5.32 Å². The molecule has 2 aromatic rings. The number of rotatable bonds is 3. The molecule has 0 spiro atoms. The zero-order valence-corrected chi connectivity index (χ0v) is 7.47. The average molecular weight is 187 g/mol. The second kappa shape index (κ2) is 3.83. The molecule has 0 aliphatic rings. The number of para-hydroxylation sites is 2. The van der Waals surface area contributed by atoms with Crippen LogP contribution in [0.2, 0.25) is 0 Å². The van der Waals surface area contributed by atoms with E-state index < -0.39 is 0 Å². The van der Waals surface area contributed by atoms with E-state index in [-0.39, 0.29) is 0 Å². The first kappa shape index (κ1) is 8.62. The molecule has 0 atom stereocenters. The Bertz CT molecular complexity index is 456. The highest BCUT2D eigenvalue weighted by molar-refractivity contribution is 5.73. The summed E-state index contributed by atoms with van der Waals surface area (Å²) in [6.45, 7) is 0.418. The Morgan fingerprint density at radius 3 is 2.86 bits per heavy atom. The summed E-state index contributed by atoms with van der Waals surface area (Å²) in [6, 6.07) is 7.63. The van der Waals surface area contributed by atoms with Gasteiger partial charge in [-0.15, -0.1) is 0 Å². The quantitative estimate of drug-likeness (QED) is 0.725. The van der Waals surface area contributed by atoms with Crippen molar-refractivity contribution in [1.29, 1.82) is 0 Å². The number of carbonyl (C=O) groups is 1. The molecule has 1 heterocycles. The fourth-order valence-electron chi connectivity index (χ4n) is 1.23. The van der Waals surface area contributed by atoms with Gasteiger partial charge in [0.1, 0.15) is 0 Å². The number of aromatic nitrogens is 2. The van der Waals surface area contributed by atoms with E-state index in [2.05, 4.69) is 15.3 Å². The lowest BCUT2D eigenvalue weighted by Crippen LogP contribution is -2.11. The molecule has 0 saturated heterocycles. The lowest BCUT2D eigenvalue weighted by molar-refractivity contribution is -0.109. The largest absolute Gasteiger partial charge is 0.353 e. The van der Waals surface area contributed by atoms with Crippen molar-refractivity contribution in [2.45, 2.75) is 6.54 Å². The topological polar surface area (TPSA) is 54.9 Å². The Hall–Kier alpha value is -1.97. The Labute approximate surface area is 81.0 Å². The molecule has 1 aromatic carbocycles. The summed E-state index contributed by atoms with van der Waals surface area (Å²) < 4.78 is 0. The van der Waals surface area contributed by atoms with Crippen LogP contribution in [-0.2, 0) is 11.3 Å². The van der Waals surface area contributed by atoms with Crippen molar-refractivity contribution in [1.82, 2.24) is 15.3 Å². The van der Waals surface area contributed by atoms with E-state index in [0.29, 0.717) is 13.0 Å². The molecule has 0 aliphatic heterocycles. The van der Waals surface area contributed by atoms with Crippen LogP contribution in [0.4, 0.5) is 0 Å². The molecule has 0 bridgehead atoms. The fraction of sp³-hybridized carbons (Fsp3) is 0.100. The number of amides is 1. The number of hydrogen-bond donors (Lipinski definition) is 1. The maximum absolute atomic E-state index is 10.1. The van der Waals surface area contributed by atoms with Gasteiger partial charge in [0, 0.05) is 0 Å². The molecule has 1 N–H and O–H groups in total. The van der Waals surface area contributed by atoms with Gasteiger partial charge in [-0.3, -0.25) is 9.78 Å². The molecular formula is C10H9N3O. The van der Waals surface area contributed by atoms with Crippen LogP contribution in [0.25, 0.3) is 11.0 Å². The maximum Gasteiger partial charge on any atom is 0.207 e. The lowest BCUT2D eigenvalue weighted by atomic mass is 10.3. The Morgan fingerprint density at radius 2 is 2.07 bits per heavy atom. The predicted molar refractivity (Wildman–Crippen MR) is 52.4 cm³/mol. The van der Waals surface area contributed by atoms with Gasteiger partial charge in [0.15, 0.2) is 0 Å². The SMILES string of the molecule is O=CNCc1cnc2ccccc2n1. The normalized spacial score (nSPS) is 10.0. The molecule has 4 heteroatoms. The number of benzene rings is 1. The minimum Gasteiger partial charge on any atom is -0.353 e. The standard InChI is InChI=1S/C10H9N3O/c14-7-11-5-8-6-12-9-3-1-2-4-10(9)13-8/h1-4,6-7H,5H2,(H,11,14). The minimum atomic E-state index is 0.418. The van der Waals surface area contributed by atoms with Crippen molar-refractivity contribution in [3.63, 3.8) is 0 Å². The van der Waals surface area contributed by atoms with E-state index in [1.807, 2.05) is 24.3 Å². The van der Waals surface area contributed by atoms with Gasteiger partial charge in [0.05, 0.1) is 29.5 Å². The van der Waals surface area contributed by atoms with Crippen LogP contribution in [0.15, 0.2) is 30.5 Å². The van der Waals surface area contributed by atoms with Crippen molar-refractivity contribution in [3.8, 4) is 0 Å². The third-order valence-electron chi connectivity index (χ3n) is 1.86. The Kier molecular flexibility index (Phi) is 2.36. The van der Waals surface area contributed by atoms with E-state index in [9.17, 15) is 4.79 Å². The summed E-state index contributed by atoms with van der Waals surface area (Å²) in [7, 11) is 0. The van der Waals surface area contributed by atoms with Crippen molar-refractivity contribution in [3.05, 3.63) is 36.2 Å². The molecule has 14 heavy (non-hydrogen) atoms. The second-order valence-electron chi connectivity index (χ2n) is 2.85. The summed E-state index contributed by atoms with van der Waals surface area (Å²) >= 11 is 0. The molecular weight excluding hydrogens is 178 g/mol. The highest BCUT2D eigenvalue weighted by Crippen LogP contribution is 2.07. The van der Waals surface area contributed by atoms with E-state index in [0.717, 1.165) is 16.7 Å². The maximum atomic E-state index is 10.1. The third kappa shape index (κ3) is 1.69.